The number of amides is 3. The highest BCUT2D eigenvalue weighted by atomic mass is 35.5. The van der Waals surface area contributed by atoms with Gasteiger partial charge in [-0.1, -0.05) is 41.9 Å². The van der Waals surface area contributed by atoms with Gasteiger partial charge in [0.1, 0.15) is 23.7 Å². The number of nitrogens with one attached hydrogen (secondary N) is 1. The summed E-state index contributed by atoms with van der Waals surface area (Å²) < 4.78 is 42.5. The van der Waals surface area contributed by atoms with Gasteiger partial charge in [0.25, 0.3) is 11.8 Å². The maximum absolute atomic E-state index is 15.4. The Morgan fingerprint density at radius 2 is 1.85 bits per heavy atom. The minimum Gasteiger partial charge on any atom is -0.351 e. The fourth-order valence-electron chi connectivity index (χ4n) is 5.16. The van der Waals surface area contributed by atoms with Crippen molar-refractivity contribution in [2.45, 2.75) is 49.7 Å². The summed E-state index contributed by atoms with van der Waals surface area (Å²) in [5, 5.41) is 12.0. The molecule has 2 heterocycles. The lowest BCUT2D eigenvalue weighted by atomic mass is 9.87. The molecule has 1 aliphatic carbocycles. The number of carbonyl (C=O) groups is 3. The molecule has 0 spiro atoms. The Hall–Kier alpha value is -4.43. The first kappa shape index (κ1) is 28.1. The van der Waals surface area contributed by atoms with E-state index in [4.69, 9.17) is 11.6 Å². The first-order valence-electron chi connectivity index (χ1n) is 12.8. The Morgan fingerprint density at radius 3 is 2.54 bits per heavy atom. The molecule has 1 saturated heterocycles. The van der Waals surface area contributed by atoms with Gasteiger partial charge >= 0.3 is 0 Å². The van der Waals surface area contributed by atoms with Gasteiger partial charge in [-0.25, -0.2) is 18.2 Å². The number of pyridine rings is 1. The standard InChI is InChI=1S/C29H23ClF3N5O3/c30-20-6-2-1-5-19(20)26(27(40)36-18-14-29(32,33)15-18)38(22-8-4-3-7-21(22)31)28(41)23-9-10-25(39)37(23)24-13-17(16-34)11-12-35-24/h1-8,11-13,18,23,26H,9-10,14-15H2,(H,36,40)/t23-,26?/m0/s1. The van der Waals surface area contributed by atoms with Crippen LogP contribution >= 0.6 is 11.6 Å². The fraction of sp³-hybridized carbons (Fsp3) is 0.276. The molecule has 1 unspecified atom stereocenters. The second-order valence-electron chi connectivity index (χ2n) is 9.89. The minimum absolute atomic E-state index is 0.0206. The van der Waals surface area contributed by atoms with Gasteiger partial charge in [-0.05, 0) is 36.8 Å². The number of anilines is 2. The lowest BCUT2D eigenvalue weighted by Gasteiger charge is -2.39. The van der Waals surface area contributed by atoms with Crippen molar-refractivity contribution in [3.05, 3.63) is 88.8 Å². The van der Waals surface area contributed by atoms with E-state index in [2.05, 4.69) is 10.3 Å². The second kappa shape index (κ2) is 11.2. The van der Waals surface area contributed by atoms with E-state index in [1.165, 1.54) is 48.7 Å². The Morgan fingerprint density at radius 1 is 1.15 bits per heavy atom. The van der Waals surface area contributed by atoms with Crippen LogP contribution in [0.25, 0.3) is 0 Å². The van der Waals surface area contributed by atoms with E-state index in [1.807, 2.05) is 6.07 Å². The molecule has 3 amide bonds. The molecule has 8 nitrogen and oxygen atoms in total. The average molecular weight is 582 g/mol. The minimum atomic E-state index is -2.92. The zero-order valence-electron chi connectivity index (χ0n) is 21.4. The van der Waals surface area contributed by atoms with Crippen molar-refractivity contribution in [2.75, 3.05) is 9.80 Å². The highest BCUT2D eigenvalue weighted by molar-refractivity contribution is 6.31. The SMILES string of the molecule is N#Cc1ccnc(N2C(=O)CC[C@H]2C(=O)N(c2ccccc2F)C(C(=O)NC2CC(F)(F)C2)c2ccccc2Cl)c1. The summed E-state index contributed by atoms with van der Waals surface area (Å²) in [5.74, 6) is -5.81. The number of benzene rings is 2. The molecule has 2 fully saturated rings. The number of alkyl halides is 2. The predicted molar refractivity (Wildman–Crippen MR) is 144 cm³/mol. The van der Waals surface area contributed by atoms with Gasteiger partial charge in [0.2, 0.25) is 11.8 Å². The second-order valence-corrected chi connectivity index (χ2v) is 10.3. The molecule has 5 rings (SSSR count). The Bertz CT molecular complexity index is 1550. The third-order valence-electron chi connectivity index (χ3n) is 7.11. The van der Waals surface area contributed by atoms with Crippen LogP contribution < -0.4 is 15.1 Å². The van der Waals surface area contributed by atoms with Crippen LogP contribution in [0.5, 0.6) is 0 Å². The van der Waals surface area contributed by atoms with Crippen molar-refractivity contribution in [3.8, 4) is 6.07 Å². The number of aromatic nitrogens is 1. The van der Waals surface area contributed by atoms with Crippen molar-refractivity contribution in [1.82, 2.24) is 10.3 Å². The maximum Gasteiger partial charge on any atom is 0.252 e. The summed E-state index contributed by atoms with van der Waals surface area (Å²) in [5.41, 5.74) is 0.0712. The van der Waals surface area contributed by atoms with Crippen molar-refractivity contribution in [2.24, 2.45) is 0 Å². The third-order valence-corrected chi connectivity index (χ3v) is 7.45. The molecule has 2 aromatic carbocycles. The number of para-hydroxylation sites is 1. The molecular formula is C29H23ClF3N5O3. The lowest BCUT2D eigenvalue weighted by molar-refractivity contribution is -0.133. The highest BCUT2D eigenvalue weighted by Gasteiger charge is 2.49. The number of rotatable bonds is 7. The molecule has 3 aromatic rings. The molecule has 1 N–H and O–H groups in total. The molecule has 1 saturated carbocycles. The molecule has 12 heteroatoms. The molecule has 41 heavy (non-hydrogen) atoms. The van der Waals surface area contributed by atoms with Crippen molar-refractivity contribution < 1.29 is 27.6 Å². The van der Waals surface area contributed by atoms with Gasteiger partial charge in [0.05, 0.1) is 17.3 Å². The first-order chi connectivity index (χ1) is 19.6. The number of hydrogen-bond donors (Lipinski definition) is 1. The highest BCUT2D eigenvalue weighted by Crippen LogP contribution is 2.40. The van der Waals surface area contributed by atoms with E-state index in [-0.39, 0.29) is 40.5 Å². The molecule has 2 aliphatic rings. The van der Waals surface area contributed by atoms with Crippen LogP contribution in [0.1, 0.15) is 42.9 Å². The van der Waals surface area contributed by atoms with E-state index in [0.717, 1.165) is 15.9 Å². The Labute approximate surface area is 238 Å². The van der Waals surface area contributed by atoms with Crippen LogP contribution in [0, 0.1) is 17.1 Å². The summed E-state index contributed by atoms with van der Waals surface area (Å²) in [4.78, 5) is 47.4. The fourth-order valence-corrected chi connectivity index (χ4v) is 5.39. The van der Waals surface area contributed by atoms with Gasteiger partial charge < -0.3 is 5.32 Å². The molecule has 0 bridgehead atoms. The van der Waals surface area contributed by atoms with Gasteiger partial charge in [-0.3, -0.25) is 24.2 Å². The molecule has 1 aliphatic heterocycles. The zero-order chi connectivity index (χ0) is 29.3. The number of halogens is 4. The summed E-state index contributed by atoms with van der Waals surface area (Å²) in [6, 6.07) is 12.6. The van der Waals surface area contributed by atoms with Gasteiger partial charge in [0, 0.05) is 42.1 Å². The molecule has 210 valence electrons. The smallest absolute Gasteiger partial charge is 0.252 e. The van der Waals surface area contributed by atoms with E-state index < -0.39 is 60.4 Å². The van der Waals surface area contributed by atoms with E-state index in [9.17, 15) is 28.4 Å². The lowest BCUT2D eigenvalue weighted by Crippen LogP contribution is -2.56. The van der Waals surface area contributed by atoms with Crippen molar-refractivity contribution >= 4 is 40.8 Å². The monoisotopic (exact) mass is 581 g/mol. The van der Waals surface area contributed by atoms with Crippen LogP contribution in [0.2, 0.25) is 5.02 Å². The normalized spacial score (nSPS) is 18.8. The number of nitriles is 1. The van der Waals surface area contributed by atoms with Crippen molar-refractivity contribution in [3.63, 3.8) is 0 Å². The van der Waals surface area contributed by atoms with Gasteiger partial charge in [0.15, 0.2) is 0 Å². The maximum atomic E-state index is 15.4. The average Bonchev–Trinajstić information content (AvgIpc) is 3.32. The quantitative estimate of drug-likeness (QED) is 0.426. The van der Waals surface area contributed by atoms with Gasteiger partial charge in [-0.2, -0.15) is 5.26 Å². The van der Waals surface area contributed by atoms with Crippen LogP contribution in [0.3, 0.4) is 0 Å². The summed E-state index contributed by atoms with van der Waals surface area (Å²) in [7, 11) is 0. The molecular weight excluding hydrogens is 559 g/mol. The number of carbonyl (C=O) groups excluding carboxylic acids is 3. The third kappa shape index (κ3) is 5.60. The summed E-state index contributed by atoms with van der Waals surface area (Å²) >= 11 is 6.47. The molecule has 1 aromatic heterocycles. The number of nitrogens with zero attached hydrogens (tertiary/aromatic N) is 4. The predicted octanol–water partition coefficient (Wildman–Crippen LogP) is 4.93. The van der Waals surface area contributed by atoms with Crippen LogP contribution in [0.4, 0.5) is 24.7 Å². The topological polar surface area (TPSA) is 106 Å². The van der Waals surface area contributed by atoms with Crippen molar-refractivity contribution in [1.29, 1.82) is 5.26 Å². The zero-order valence-corrected chi connectivity index (χ0v) is 22.2. The van der Waals surface area contributed by atoms with Gasteiger partial charge in [-0.15, -0.1) is 0 Å². The molecule has 2 atom stereocenters. The van der Waals surface area contributed by atoms with Crippen LogP contribution in [-0.2, 0) is 14.4 Å². The summed E-state index contributed by atoms with van der Waals surface area (Å²) in [6.07, 6.45) is 0.151. The molecule has 0 radical (unpaired) electrons. The largest absolute Gasteiger partial charge is 0.351 e. The Kier molecular flexibility index (Phi) is 7.69. The Balaban J connectivity index is 1.61. The summed E-state index contributed by atoms with van der Waals surface area (Å²) in [6.45, 7) is 0. The van der Waals surface area contributed by atoms with Crippen LogP contribution in [-0.4, -0.2) is 40.7 Å². The van der Waals surface area contributed by atoms with E-state index in [0.29, 0.717) is 0 Å². The van der Waals surface area contributed by atoms with E-state index in [1.54, 1.807) is 12.1 Å². The first-order valence-corrected chi connectivity index (χ1v) is 13.2. The van der Waals surface area contributed by atoms with Crippen LogP contribution in [0.15, 0.2) is 66.9 Å². The number of hydrogen-bond acceptors (Lipinski definition) is 5. The van der Waals surface area contributed by atoms with E-state index >= 15 is 4.39 Å².